The van der Waals surface area contributed by atoms with E-state index in [1.54, 1.807) is 13.0 Å². The number of aromatic nitrogens is 2. The summed E-state index contributed by atoms with van der Waals surface area (Å²) < 4.78 is 0. The van der Waals surface area contributed by atoms with Gasteiger partial charge in [0.1, 0.15) is 16.0 Å². The molecule has 0 atom stereocenters. The van der Waals surface area contributed by atoms with Crippen LogP contribution in [0, 0.1) is 18.3 Å². The molecule has 4 rings (SSSR count). The van der Waals surface area contributed by atoms with Crippen LogP contribution in [0.25, 0.3) is 21.6 Å². The summed E-state index contributed by atoms with van der Waals surface area (Å²) in [4.78, 5) is 19.1. The SMILES string of the molecule is Cc1nc(-c2cc3cc(NCc4ccccc4)cc(C#N)c3[nH]2)sc1C(=O)O. The molecular formula is C21H16N4O2S. The Kier molecular flexibility index (Phi) is 4.55. The minimum Gasteiger partial charge on any atom is -0.477 e. The highest BCUT2D eigenvalue weighted by Crippen LogP contribution is 2.32. The fourth-order valence-electron chi connectivity index (χ4n) is 3.06. The van der Waals surface area contributed by atoms with E-state index < -0.39 is 5.97 Å². The molecule has 0 bridgehead atoms. The van der Waals surface area contributed by atoms with Crippen molar-refractivity contribution >= 4 is 33.9 Å². The number of hydrogen-bond donors (Lipinski definition) is 3. The molecule has 2 aromatic heterocycles. The summed E-state index contributed by atoms with van der Waals surface area (Å²) in [6, 6.07) is 17.9. The highest BCUT2D eigenvalue weighted by Gasteiger charge is 2.17. The fourth-order valence-corrected chi connectivity index (χ4v) is 3.94. The number of aryl methyl sites for hydroxylation is 1. The summed E-state index contributed by atoms with van der Waals surface area (Å²) in [6.45, 7) is 2.33. The Bertz CT molecular complexity index is 1220. The van der Waals surface area contributed by atoms with Gasteiger partial charge in [-0.2, -0.15) is 5.26 Å². The van der Waals surface area contributed by atoms with Crippen molar-refractivity contribution in [2.45, 2.75) is 13.5 Å². The standard InChI is InChI=1S/C21H16N4O2S/c1-12-19(21(26)27)28-20(24-12)17-9-14-7-16(8-15(10-22)18(14)25-17)23-11-13-5-3-2-4-6-13/h2-9,23,25H,11H2,1H3,(H,26,27). The van der Waals surface area contributed by atoms with E-state index in [-0.39, 0.29) is 4.88 Å². The monoisotopic (exact) mass is 388 g/mol. The summed E-state index contributed by atoms with van der Waals surface area (Å²) in [5.74, 6) is -0.984. The lowest BCUT2D eigenvalue weighted by Gasteiger charge is -2.07. The topological polar surface area (TPSA) is 102 Å². The number of thiazole rings is 1. The van der Waals surface area contributed by atoms with Gasteiger partial charge in [-0.05, 0) is 30.7 Å². The summed E-state index contributed by atoms with van der Waals surface area (Å²) in [6.07, 6.45) is 0. The summed E-state index contributed by atoms with van der Waals surface area (Å²) in [7, 11) is 0. The van der Waals surface area contributed by atoms with Crippen LogP contribution in [0.15, 0.2) is 48.5 Å². The molecule has 7 heteroatoms. The number of carbonyl (C=O) groups is 1. The summed E-state index contributed by atoms with van der Waals surface area (Å²) >= 11 is 1.12. The zero-order chi connectivity index (χ0) is 19.7. The molecule has 0 aliphatic carbocycles. The Morgan fingerprint density at radius 2 is 2.07 bits per heavy atom. The molecule has 0 aliphatic rings. The summed E-state index contributed by atoms with van der Waals surface area (Å²) in [5.41, 5.74) is 4.41. The first-order chi connectivity index (χ1) is 13.5. The second kappa shape index (κ2) is 7.18. The number of fused-ring (bicyclic) bond motifs is 1. The third kappa shape index (κ3) is 3.33. The van der Waals surface area contributed by atoms with Crippen LogP contribution in [-0.4, -0.2) is 21.0 Å². The Morgan fingerprint density at radius 1 is 1.29 bits per heavy atom. The highest BCUT2D eigenvalue weighted by atomic mass is 32.1. The zero-order valence-electron chi connectivity index (χ0n) is 15.0. The van der Waals surface area contributed by atoms with Gasteiger partial charge in [0, 0.05) is 17.6 Å². The van der Waals surface area contributed by atoms with E-state index in [4.69, 9.17) is 0 Å². The minimum atomic E-state index is -0.984. The predicted molar refractivity (Wildman–Crippen MR) is 110 cm³/mol. The molecule has 0 unspecified atom stereocenters. The van der Waals surface area contributed by atoms with Crippen LogP contribution in [0.2, 0.25) is 0 Å². The first-order valence-electron chi connectivity index (χ1n) is 8.61. The molecular weight excluding hydrogens is 372 g/mol. The number of anilines is 1. The molecule has 6 nitrogen and oxygen atoms in total. The lowest BCUT2D eigenvalue weighted by Crippen LogP contribution is -1.99. The van der Waals surface area contributed by atoms with Crippen molar-refractivity contribution in [3.8, 4) is 16.8 Å². The predicted octanol–water partition coefficient (Wildman–Crippen LogP) is 4.78. The molecule has 0 amide bonds. The third-order valence-corrected chi connectivity index (χ3v) is 5.59. The molecule has 2 heterocycles. The molecule has 0 radical (unpaired) electrons. The number of rotatable bonds is 5. The van der Waals surface area contributed by atoms with Gasteiger partial charge in [-0.15, -0.1) is 11.3 Å². The number of nitrogens with zero attached hydrogens (tertiary/aromatic N) is 2. The van der Waals surface area contributed by atoms with Crippen molar-refractivity contribution in [1.29, 1.82) is 5.26 Å². The molecule has 4 aromatic rings. The second-order valence-corrected chi connectivity index (χ2v) is 7.36. The minimum absolute atomic E-state index is 0.222. The van der Waals surface area contributed by atoms with Gasteiger partial charge in [-0.25, -0.2) is 9.78 Å². The smallest absolute Gasteiger partial charge is 0.347 e. The molecule has 0 fully saturated rings. The van der Waals surface area contributed by atoms with Gasteiger partial charge in [0.2, 0.25) is 0 Å². The van der Waals surface area contributed by atoms with Crippen molar-refractivity contribution in [2.24, 2.45) is 0 Å². The molecule has 2 aromatic carbocycles. The van der Waals surface area contributed by atoms with Crippen molar-refractivity contribution < 1.29 is 9.90 Å². The van der Waals surface area contributed by atoms with Gasteiger partial charge in [0.05, 0.1) is 22.5 Å². The Balaban J connectivity index is 1.70. The molecule has 28 heavy (non-hydrogen) atoms. The van der Waals surface area contributed by atoms with E-state index >= 15 is 0 Å². The van der Waals surface area contributed by atoms with Gasteiger partial charge in [-0.3, -0.25) is 0 Å². The zero-order valence-corrected chi connectivity index (χ0v) is 15.8. The van der Waals surface area contributed by atoms with Crippen molar-refractivity contribution in [3.05, 3.63) is 70.2 Å². The van der Waals surface area contributed by atoms with E-state index in [9.17, 15) is 15.2 Å². The molecule has 0 spiro atoms. The Morgan fingerprint density at radius 3 is 2.75 bits per heavy atom. The van der Waals surface area contributed by atoms with Gasteiger partial charge in [0.15, 0.2) is 0 Å². The first kappa shape index (κ1) is 17.8. The van der Waals surface area contributed by atoms with E-state index in [0.717, 1.165) is 28.0 Å². The van der Waals surface area contributed by atoms with Gasteiger partial charge in [0.25, 0.3) is 0 Å². The van der Waals surface area contributed by atoms with Crippen molar-refractivity contribution in [1.82, 2.24) is 9.97 Å². The maximum atomic E-state index is 11.3. The van der Waals surface area contributed by atoms with E-state index in [0.29, 0.717) is 34.0 Å². The summed E-state index contributed by atoms with van der Waals surface area (Å²) in [5, 5.41) is 23.6. The number of benzene rings is 2. The van der Waals surface area contributed by atoms with Crippen LogP contribution in [0.5, 0.6) is 0 Å². The number of aromatic carboxylic acids is 1. The average molecular weight is 388 g/mol. The van der Waals surface area contributed by atoms with Gasteiger partial charge in [-0.1, -0.05) is 30.3 Å². The molecule has 0 saturated heterocycles. The third-order valence-electron chi connectivity index (χ3n) is 4.41. The first-order valence-corrected chi connectivity index (χ1v) is 9.42. The fraction of sp³-hybridized carbons (Fsp3) is 0.0952. The van der Waals surface area contributed by atoms with Crippen LogP contribution in [0.4, 0.5) is 5.69 Å². The van der Waals surface area contributed by atoms with E-state index in [1.807, 2.05) is 42.5 Å². The maximum Gasteiger partial charge on any atom is 0.347 e. The van der Waals surface area contributed by atoms with Crippen LogP contribution in [0.3, 0.4) is 0 Å². The quantitative estimate of drug-likeness (QED) is 0.456. The van der Waals surface area contributed by atoms with E-state index in [1.165, 1.54) is 0 Å². The Hall–Kier alpha value is -3.63. The average Bonchev–Trinajstić information content (AvgIpc) is 3.30. The normalized spacial score (nSPS) is 10.7. The number of carboxylic acid groups (broad SMARTS) is 1. The van der Waals surface area contributed by atoms with Gasteiger partial charge < -0.3 is 15.4 Å². The number of aromatic amines is 1. The maximum absolute atomic E-state index is 11.3. The number of nitrogens with one attached hydrogen (secondary N) is 2. The number of H-pyrrole nitrogens is 1. The van der Waals surface area contributed by atoms with Crippen molar-refractivity contribution in [2.75, 3.05) is 5.32 Å². The lowest BCUT2D eigenvalue weighted by atomic mass is 10.1. The van der Waals surface area contributed by atoms with Gasteiger partial charge >= 0.3 is 5.97 Å². The van der Waals surface area contributed by atoms with Crippen LogP contribution in [-0.2, 0) is 6.54 Å². The number of carboxylic acids is 1. The molecule has 3 N–H and O–H groups in total. The lowest BCUT2D eigenvalue weighted by molar-refractivity contribution is 0.0701. The van der Waals surface area contributed by atoms with Crippen LogP contribution in [0.1, 0.15) is 26.5 Å². The molecule has 138 valence electrons. The van der Waals surface area contributed by atoms with Crippen LogP contribution >= 0.6 is 11.3 Å². The van der Waals surface area contributed by atoms with E-state index in [2.05, 4.69) is 21.4 Å². The largest absolute Gasteiger partial charge is 0.477 e. The number of hydrogen-bond acceptors (Lipinski definition) is 5. The molecule has 0 saturated carbocycles. The highest BCUT2D eigenvalue weighted by molar-refractivity contribution is 7.17. The number of nitriles is 1. The van der Waals surface area contributed by atoms with Crippen molar-refractivity contribution in [3.63, 3.8) is 0 Å². The molecule has 0 aliphatic heterocycles. The van der Waals surface area contributed by atoms with Crippen LogP contribution < -0.4 is 5.32 Å². The Labute approximate surface area is 165 Å². The second-order valence-electron chi connectivity index (χ2n) is 6.36.